The summed E-state index contributed by atoms with van der Waals surface area (Å²) >= 11 is 0. The van der Waals surface area contributed by atoms with Gasteiger partial charge in [0, 0.05) is 12.6 Å². The van der Waals surface area contributed by atoms with Crippen molar-refractivity contribution in [2.24, 2.45) is 5.92 Å². The van der Waals surface area contributed by atoms with Gasteiger partial charge in [-0.25, -0.2) is 0 Å². The summed E-state index contributed by atoms with van der Waals surface area (Å²) < 4.78 is 5.74. The van der Waals surface area contributed by atoms with Crippen LogP contribution in [0.2, 0.25) is 0 Å². The zero-order valence-corrected chi connectivity index (χ0v) is 13.9. The first-order chi connectivity index (χ1) is 10.7. The SMILES string of the molecule is CCC(NCc1ccccc1)c1ccc(OCC(C)C)cc1. The zero-order chi connectivity index (χ0) is 15.8. The highest BCUT2D eigenvalue weighted by Gasteiger charge is 2.09. The fourth-order valence-corrected chi connectivity index (χ4v) is 2.39. The molecular formula is C20H27NO. The normalized spacial score (nSPS) is 12.4. The van der Waals surface area contributed by atoms with Crippen molar-refractivity contribution in [3.8, 4) is 5.75 Å². The largest absolute Gasteiger partial charge is 0.493 e. The van der Waals surface area contributed by atoms with E-state index in [2.05, 4.69) is 80.7 Å². The van der Waals surface area contributed by atoms with E-state index in [0.717, 1.165) is 25.3 Å². The Kier molecular flexibility index (Phi) is 6.47. The molecule has 0 fully saturated rings. The maximum absolute atomic E-state index is 5.74. The lowest BCUT2D eigenvalue weighted by Crippen LogP contribution is -2.20. The van der Waals surface area contributed by atoms with Crippen molar-refractivity contribution in [3.63, 3.8) is 0 Å². The lowest BCUT2D eigenvalue weighted by atomic mass is 10.0. The minimum atomic E-state index is 0.374. The number of hydrogen-bond donors (Lipinski definition) is 1. The lowest BCUT2D eigenvalue weighted by molar-refractivity contribution is 0.271. The van der Waals surface area contributed by atoms with E-state index in [1.807, 2.05) is 0 Å². The lowest BCUT2D eigenvalue weighted by Gasteiger charge is -2.18. The molecule has 2 heteroatoms. The Morgan fingerprint density at radius 1 is 0.955 bits per heavy atom. The molecule has 0 saturated heterocycles. The van der Waals surface area contributed by atoms with Gasteiger partial charge in [0.05, 0.1) is 6.61 Å². The summed E-state index contributed by atoms with van der Waals surface area (Å²) in [5.41, 5.74) is 2.63. The second-order valence-electron chi connectivity index (χ2n) is 6.10. The summed E-state index contributed by atoms with van der Waals surface area (Å²) in [4.78, 5) is 0. The standard InChI is InChI=1S/C20H27NO/c1-4-20(21-14-17-8-6-5-7-9-17)18-10-12-19(13-11-18)22-15-16(2)3/h5-13,16,20-21H,4,14-15H2,1-3H3. The van der Waals surface area contributed by atoms with Gasteiger partial charge in [-0.1, -0.05) is 63.2 Å². The Hall–Kier alpha value is -1.80. The summed E-state index contributed by atoms with van der Waals surface area (Å²) in [5.74, 6) is 1.51. The maximum atomic E-state index is 5.74. The van der Waals surface area contributed by atoms with E-state index in [1.165, 1.54) is 11.1 Å². The first kappa shape index (κ1) is 16.6. The van der Waals surface area contributed by atoms with Crippen LogP contribution < -0.4 is 10.1 Å². The van der Waals surface area contributed by atoms with Crippen LogP contribution in [0.1, 0.15) is 44.4 Å². The summed E-state index contributed by atoms with van der Waals surface area (Å²) in [5, 5.41) is 3.63. The van der Waals surface area contributed by atoms with Crippen molar-refractivity contribution in [1.82, 2.24) is 5.32 Å². The van der Waals surface area contributed by atoms with Crippen molar-refractivity contribution in [3.05, 3.63) is 65.7 Å². The number of ether oxygens (including phenoxy) is 1. The van der Waals surface area contributed by atoms with Gasteiger partial charge in [0.2, 0.25) is 0 Å². The van der Waals surface area contributed by atoms with Gasteiger partial charge >= 0.3 is 0 Å². The summed E-state index contributed by atoms with van der Waals surface area (Å²) in [6, 6.07) is 19.4. The molecule has 22 heavy (non-hydrogen) atoms. The molecule has 0 amide bonds. The second kappa shape index (κ2) is 8.60. The Bertz CT molecular complexity index is 533. The van der Waals surface area contributed by atoms with E-state index in [4.69, 9.17) is 4.74 Å². The highest BCUT2D eigenvalue weighted by Crippen LogP contribution is 2.21. The van der Waals surface area contributed by atoms with E-state index in [-0.39, 0.29) is 0 Å². The molecule has 0 aliphatic heterocycles. The molecule has 0 aromatic heterocycles. The van der Waals surface area contributed by atoms with Gasteiger partial charge in [0.1, 0.15) is 5.75 Å². The van der Waals surface area contributed by atoms with Crippen LogP contribution in [0.4, 0.5) is 0 Å². The van der Waals surface area contributed by atoms with Gasteiger partial charge in [0.25, 0.3) is 0 Å². The van der Waals surface area contributed by atoms with Gasteiger partial charge < -0.3 is 10.1 Å². The van der Waals surface area contributed by atoms with Gasteiger partial charge in [0.15, 0.2) is 0 Å². The monoisotopic (exact) mass is 297 g/mol. The predicted molar refractivity (Wildman–Crippen MR) is 93.1 cm³/mol. The average Bonchev–Trinajstić information content (AvgIpc) is 2.55. The van der Waals surface area contributed by atoms with Crippen molar-refractivity contribution < 1.29 is 4.74 Å². The van der Waals surface area contributed by atoms with Gasteiger partial charge in [-0.3, -0.25) is 0 Å². The third kappa shape index (κ3) is 5.19. The summed E-state index contributed by atoms with van der Waals surface area (Å²) in [7, 11) is 0. The van der Waals surface area contributed by atoms with E-state index in [0.29, 0.717) is 12.0 Å². The molecule has 118 valence electrons. The molecule has 2 rings (SSSR count). The minimum Gasteiger partial charge on any atom is -0.493 e. The molecule has 0 spiro atoms. The topological polar surface area (TPSA) is 21.3 Å². The number of hydrogen-bond acceptors (Lipinski definition) is 2. The van der Waals surface area contributed by atoms with Gasteiger partial charge in [-0.2, -0.15) is 0 Å². The number of benzene rings is 2. The highest BCUT2D eigenvalue weighted by atomic mass is 16.5. The van der Waals surface area contributed by atoms with Gasteiger partial charge in [-0.15, -0.1) is 0 Å². The molecule has 0 aliphatic rings. The first-order valence-corrected chi connectivity index (χ1v) is 8.19. The molecular weight excluding hydrogens is 270 g/mol. The molecule has 2 aromatic carbocycles. The predicted octanol–water partition coefficient (Wildman–Crippen LogP) is 4.96. The van der Waals surface area contributed by atoms with E-state index in [1.54, 1.807) is 0 Å². The van der Waals surface area contributed by atoms with Crippen LogP contribution in [0.5, 0.6) is 5.75 Å². The van der Waals surface area contributed by atoms with Crippen molar-refractivity contribution >= 4 is 0 Å². The summed E-state index contributed by atoms with van der Waals surface area (Å²) in [6.07, 6.45) is 1.07. The quantitative estimate of drug-likeness (QED) is 0.743. The second-order valence-corrected chi connectivity index (χ2v) is 6.10. The Balaban J connectivity index is 1.92. The summed E-state index contributed by atoms with van der Waals surface area (Å²) in [6.45, 7) is 8.20. The molecule has 0 radical (unpaired) electrons. The van der Waals surface area contributed by atoms with E-state index in [9.17, 15) is 0 Å². The number of rotatable bonds is 8. The third-order valence-electron chi connectivity index (χ3n) is 3.67. The molecule has 1 unspecified atom stereocenters. The van der Waals surface area contributed by atoms with Crippen LogP contribution in [0.25, 0.3) is 0 Å². The number of nitrogens with one attached hydrogen (secondary N) is 1. The van der Waals surface area contributed by atoms with Gasteiger partial charge in [-0.05, 0) is 35.6 Å². The molecule has 1 N–H and O–H groups in total. The molecule has 1 atom stereocenters. The molecule has 0 saturated carbocycles. The third-order valence-corrected chi connectivity index (χ3v) is 3.67. The van der Waals surface area contributed by atoms with Crippen LogP contribution in [-0.2, 0) is 6.54 Å². The minimum absolute atomic E-state index is 0.374. The maximum Gasteiger partial charge on any atom is 0.119 e. The van der Waals surface area contributed by atoms with Crippen molar-refractivity contribution in [1.29, 1.82) is 0 Å². The van der Waals surface area contributed by atoms with Crippen molar-refractivity contribution in [2.45, 2.75) is 39.8 Å². The van der Waals surface area contributed by atoms with E-state index < -0.39 is 0 Å². The molecule has 0 aliphatic carbocycles. The molecule has 0 bridgehead atoms. The fourth-order valence-electron chi connectivity index (χ4n) is 2.39. The first-order valence-electron chi connectivity index (χ1n) is 8.19. The van der Waals surface area contributed by atoms with Crippen LogP contribution in [-0.4, -0.2) is 6.61 Å². The van der Waals surface area contributed by atoms with Crippen LogP contribution >= 0.6 is 0 Å². The Morgan fingerprint density at radius 2 is 1.64 bits per heavy atom. The molecule has 0 heterocycles. The van der Waals surface area contributed by atoms with Crippen LogP contribution in [0.15, 0.2) is 54.6 Å². The smallest absolute Gasteiger partial charge is 0.119 e. The Labute approximate surface area is 134 Å². The van der Waals surface area contributed by atoms with E-state index >= 15 is 0 Å². The highest BCUT2D eigenvalue weighted by molar-refractivity contribution is 5.29. The molecule has 2 aromatic rings. The van der Waals surface area contributed by atoms with Crippen LogP contribution in [0, 0.1) is 5.92 Å². The molecule has 2 nitrogen and oxygen atoms in total. The zero-order valence-electron chi connectivity index (χ0n) is 13.9. The fraction of sp³-hybridized carbons (Fsp3) is 0.400. The van der Waals surface area contributed by atoms with Crippen LogP contribution in [0.3, 0.4) is 0 Å². The Morgan fingerprint density at radius 3 is 2.23 bits per heavy atom. The van der Waals surface area contributed by atoms with Crippen molar-refractivity contribution in [2.75, 3.05) is 6.61 Å². The average molecular weight is 297 g/mol.